The molecule has 0 bridgehead atoms. The fraction of sp³-hybridized carbons (Fsp3) is 0.700. The van der Waals surface area contributed by atoms with E-state index in [-0.39, 0.29) is 0 Å². The second-order valence-electron chi connectivity index (χ2n) is 4.31. The number of hydrogen-bond donors (Lipinski definition) is 2. The highest BCUT2D eigenvalue weighted by Crippen LogP contribution is 2.17. The van der Waals surface area contributed by atoms with Gasteiger partial charge < -0.3 is 15.5 Å². The maximum Gasteiger partial charge on any atom is 0.431 e. The molecule has 17 heavy (non-hydrogen) atoms. The van der Waals surface area contributed by atoms with Gasteiger partial charge in [0, 0.05) is 19.0 Å². The van der Waals surface area contributed by atoms with E-state index in [1.54, 1.807) is 27.7 Å². The molecule has 7 heteroatoms. The number of hydroxylamine groups is 2. The number of urea groups is 1. The van der Waals surface area contributed by atoms with Crippen molar-refractivity contribution < 1.29 is 19.2 Å². The largest absolute Gasteiger partial charge is 0.431 e. The monoisotopic (exact) mass is 245 g/mol. The molecule has 0 fully saturated rings. The maximum atomic E-state index is 11.9. The van der Waals surface area contributed by atoms with E-state index in [4.69, 9.17) is 0 Å². The van der Waals surface area contributed by atoms with Gasteiger partial charge in [-0.2, -0.15) is 0 Å². The van der Waals surface area contributed by atoms with Crippen molar-refractivity contribution in [1.29, 1.82) is 0 Å². The highest BCUT2D eigenvalue weighted by molar-refractivity contribution is 5.96. The summed E-state index contributed by atoms with van der Waals surface area (Å²) in [5.41, 5.74) is -0.834. The molecule has 2 N–H and O–H groups in total. The number of carbonyl (C=O) groups is 3. The lowest BCUT2D eigenvalue weighted by Crippen LogP contribution is -2.50. The van der Waals surface area contributed by atoms with Gasteiger partial charge in [-0.05, 0) is 6.92 Å². The summed E-state index contributed by atoms with van der Waals surface area (Å²) in [6.07, 6.45) is -0.881. The van der Waals surface area contributed by atoms with Gasteiger partial charge >= 0.3 is 12.1 Å². The molecule has 0 aromatic heterocycles. The van der Waals surface area contributed by atoms with E-state index < -0.39 is 23.4 Å². The van der Waals surface area contributed by atoms with Gasteiger partial charge in [0.05, 0.1) is 0 Å². The zero-order valence-corrected chi connectivity index (χ0v) is 10.8. The molecule has 0 radical (unpaired) electrons. The number of nitrogens with one attached hydrogen (secondary N) is 2. The van der Waals surface area contributed by atoms with E-state index in [9.17, 15) is 14.4 Å². The van der Waals surface area contributed by atoms with E-state index in [0.29, 0.717) is 11.6 Å². The topological polar surface area (TPSA) is 87.7 Å². The highest BCUT2D eigenvalue weighted by Gasteiger charge is 2.34. The van der Waals surface area contributed by atoms with Crippen LogP contribution in [0.4, 0.5) is 9.59 Å². The lowest BCUT2D eigenvalue weighted by molar-refractivity contribution is -0.162. The fourth-order valence-corrected chi connectivity index (χ4v) is 0.831. The number of carbonyl (C=O) groups excluding carboxylic acids is 3. The molecule has 0 unspecified atom stereocenters. The van der Waals surface area contributed by atoms with E-state index in [1.807, 2.05) is 0 Å². The Labute approximate surface area is 100 Å². The molecule has 0 saturated carbocycles. The Hall–Kier alpha value is -1.79. The minimum absolute atomic E-state index is 0.323. The first-order chi connectivity index (χ1) is 7.73. The number of imide groups is 1. The Kier molecular flexibility index (Phi) is 5.43. The minimum Gasteiger partial charge on any atom is -0.335 e. The summed E-state index contributed by atoms with van der Waals surface area (Å²) in [5, 5.41) is 4.99. The van der Waals surface area contributed by atoms with Crippen molar-refractivity contribution in [3.63, 3.8) is 0 Å². The Balaban J connectivity index is 4.91. The van der Waals surface area contributed by atoms with Gasteiger partial charge in [-0.15, -0.1) is 0 Å². The molecule has 0 rings (SSSR count). The average Bonchev–Trinajstić information content (AvgIpc) is 2.23. The molecule has 4 amide bonds. The van der Waals surface area contributed by atoms with Crippen molar-refractivity contribution in [2.45, 2.75) is 27.7 Å². The second-order valence-corrected chi connectivity index (χ2v) is 4.31. The van der Waals surface area contributed by atoms with Crippen LogP contribution in [0.1, 0.15) is 27.7 Å². The summed E-state index contributed by atoms with van der Waals surface area (Å²) < 4.78 is 0. The third kappa shape index (κ3) is 4.71. The Morgan fingerprint density at radius 1 is 1.24 bits per heavy atom. The first-order valence-electron chi connectivity index (χ1n) is 5.26. The molecule has 0 saturated heterocycles. The van der Waals surface area contributed by atoms with Crippen LogP contribution in [0.3, 0.4) is 0 Å². The lowest BCUT2D eigenvalue weighted by Gasteiger charge is -2.25. The second kappa shape index (κ2) is 6.07. The summed E-state index contributed by atoms with van der Waals surface area (Å²) in [7, 11) is 1.33. The summed E-state index contributed by atoms with van der Waals surface area (Å²) in [4.78, 5) is 39.1. The molecule has 0 aromatic rings. The van der Waals surface area contributed by atoms with E-state index in [1.165, 1.54) is 7.05 Å². The smallest absolute Gasteiger partial charge is 0.335 e. The third-order valence-corrected chi connectivity index (χ3v) is 1.72. The first-order valence-corrected chi connectivity index (χ1v) is 5.26. The maximum absolute atomic E-state index is 11.9. The van der Waals surface area contributed by atoms with Crippen LogP contribution in [0.2, 0.25) is 0 Å². The molecule has 98 valence electrons. The average molecular weight is 245 g/mol. The number of hydrogen-bond acceptors (Lipinski definition) is 4. The Bertz CT molecular complexity index is 309. The molecule has 0 spiro atoms. The van der Waals surface area contributed by atoms with Crippen molar-refractivity contribution in [3.8, 4) is 0 Å². The highest BCUT2D eigenvalue weighted by atomic mass is 16.7. The van der Waals surface area contributed by atoms with Crippen LogP contribution in [0, 0.1) is 5.41 Å². The van der Waals surface area contributed by atoms with Crippen molar-refractivity contribution in [2.24, 2.45) is 5.41 Å². The molecule has 0 aliphatic heterocycles. The molecule has 7 nitrogen and oxygen atoms in total. The molecule has 0 heterocycles. The molecule has 0 atom stereocenters. The number of nitrogens with zero attached hydrogens (tertiary/aromatic N) is 1. The van der Waals surface area contributed by atoms with Gasteiger partial charge in [0.2, 0.25) is 0 Å². The fourth-order valence-electron chi connectivity index (χ4n) is 0.831. The molecular weight excluding hydrogens is 226 g/mol. The van der Waals surface area contributed by atoms with E-state index in [0.717, 1.165) is 0 Å². The first kappa shape index (κ1) is 15.2. The van der Waals surface area contributed by atoms with Crippen LogP contribution in [0.15, 0.2) is 0 Å². The van der Waals surface area contributed by atoms with Crippen LogP contribution in [0.25, 0.3) is 0 Å². The quantitative estimate of drug-likeness (QED) is 0.671. The van der Waals surface area contributed by atoms with Gasteiger partial charge in [-0.3, -0.25) is 4.79 Å². The summed E-state index contributed by atoms with van der Waals surface area (Å²) >= 11 is 0. The Morgan fingerprint density at radius 2 is 1.76 bits per heavy atom. The van der Waals surface area contributed by atoms with Crippen molar-refractivity contribution in [1.82, 2.24) is 15.7 Å². The lowest BCUT2D eigenvalue weighted by atomic mass is 9.96. The minimum atomic E-state index is -0.881. The Morgan fingerprint density at radius 3 is 2.12 bits per heavy atom. The van der Waals surface area contributed by atoms with Gasteiger partial charge in [0.15, 0.2) is 0 Å². The van der Waals surface area contributed by atoms with Crippen molar-refractivity contribution >= 4 is 18.0 Å². The number of rotatable bonds is 1. The normalized spacial score (nSPS) is 10.4. The molecule has 0 aliphatic carbocycles. The van der Waals surface area contributed by atoms with E-state index >= 15 is 0 Å². The van der Waals surface area contributed by atoms with Crippen LogP contribution < -0.4 is 10.6 Å². The van der Waals surface area contributed by atoms with Crippen LogP contribution in [0.5, 0.6) is 0 Å². The van der Waals surface area contributed by atoms with Gasteiger partial charge in [0.25, 0.3) is 5.91 Å². The predicted molar refractivity (Wildman–Crippen MR) is 60.9 cm³/mol. The zero-order chi connectivity index (χ0) is 13.6. The van der Waals surface area contributed by atoms with Gasteiger partial charge in [0.1, 0.15) is 0 Å². The van der Waals surface area contributed by atoms with Gasteiger partial charge in [-0.1, -0.05) is 25.8 Å². The number of amides is 4. The molecule has 0 aliphatic rings. The molecular formula is C10H19N3O4. The van der Waals surface area contributed by atoms with Crippen LogP contribution in [-0.4, -0.2) is 36.7 Å². The van der Waals surface area contributed by atoms with Crippen LogP contribution >= 0.6 is 0 Å². The summed E-state index contributed by atoms with van der Waals surface area (Å²) in [6, 6.07) is -0.768. The third-order valence-electron chi connectivity index (χ3n) is 1.72. The van der Waals surface area contributed by atoms with Crippen molar-refractivity contribution in [3.05, 3.63) is 0 Å². The SMILES string of the molecule is CCNC(=O)N(OC(=O)NC)C(=O)C(C)(C)C. The predicted octanol–water partition coefficient (Wildman–Crippen LogP) is 0.862. The van der Waals surface area contributed by atoms with Crippen LogP contribution in [-0.2, 0) is 9.63 Å². The zero-order valence-electron chi connectivity index (χ0n) is 10.8. The standard InChI is InChI=1S/C10H19N3O4/c1-6-12-8(15)13(17-9(16)11-5)7(14)10(2,3)4/h6H2,1-5H3,(H,11,16)(H,12,15). The summed E-state index contributed by atoms with van der Waals surface area (Å²) in [5.74, 6) is -0.605. The van der Waals surface area contributed by atoms with E-state index in [2.05, 4.69) is 15.5 Å². The molecule has 0 aromatic carbocycles. The van der Waals surface area contributed by atoms with Gasteiger partial charge in [-0.25, -0.2) is 9.59 Å². The summed E-state index contributed by atoms with van der Waals surface area (Å²) in [6.45, 7) is 6.87. The van der Waals surface area contributed by atoms with Crippen molar-refractivity contribution in [2.75, 3.05) is 13.6 Å².